The first-order valence-corrected chi connectivity index (χ1v) is 9.70. The zero-order valence-corrected chi connectivity index (χ0v) is 15.7. The minimum absolute atomic E-state index is 0.144. The predicted octanol–water partition coefficient (Wildman–Crippen LogP) is 2.45. The fourth-order valence-electron chi connectivity index (χ4n) is 2.06. The van der Waals surface area contributed by atoms with Gasteiger partial charge < -0.3 is 5.32 Å². The van der Waals surface area contributed by atoms with E-state index in [1.165, 1.54) is 4.31 Å². The van der Waals surface area contributed by atoms with E-state index in [0.717, 1.165) is 11.8 Å². The Morgan fingerprint density at radius 3 is 2.22 bits per heavy atom. The Kier molecular flexibility index (Phi) is 7.04. The fourth-order valence-corrected chi connectivity index (χ4v) is 3.03. The molecule has 0 fully saturated rings. The van der Waals surface area contributed by atoms with Gasteiger partial charge in [-0.2, -0.15) is 0 Å². The summed E-state index contributed by atoms with van der Waals surface area (Å²) in [7, 11) is -3.36. The van der Waals surface area contributed by atoms with Crippen LogP contribution in [0.3, 0.4) is 0 Å². The molecular weight excluding hydrogens is 336 g/mol. The number of hydrogen-bond donors (Lipinski definition) is 1. The molecule has 0 saturated carbocycles. The van der Waals surface area contributed by atoms with Crippen LogP contribution in [0.25, 0.3) is 0 Å². The number of amides is 1. The number of halogens is 1. The molecule has 0 spiro atoms. The average molecular weight is 361 g/mol. The van der Waals surface area contributed by atoms with Crippen LogP contribution in [0.2, 0.25) is 5.02 Å². The lowest BCUT2D eigenvalue weighted by molar-refractivity contribution is -0.122. The van der Waals surface area contributed by atoms with Gasteiger partial charge in [-0.25, -0.2) is 12.7 Å². The van der Waals surface area contributed by atoms with Crippen molar-refractivity contribution in [1.82, 2.24) is 9.62 Å². The van der Waals surface area contributed by atoms with E-state index in [1.807, 2.05) is 32.9 Å². The largest absolute Gasteiger partial charge is 0.351 e. The van der Waals surface area contributed by atoms with Gasteiger partial charge >= 0.3 is 0 Å². The van der Waals surface area contributed by atoms with Gasteiger partial charge in [-0.05, 0) is 44.9 Å². The second-order valence-electron chi connectivity index (χ2n) is 6.59. The van der Waals surface area contributed by atoms with Gasteiger partial charge in [-0.15, -0.1) is 0 Å². The van der Waals surface area contributed by atoms with Gasteiger partial charge in [0.15, 0.2) is 0 Å². The zero-order valence-electron chi connectivity index (χ0n) is 14.1. The lowest BCUT2D eigenvalue weighted by atomic mass is 10.1. The lowest BCUT2D eigenvalue weighted by Crippen LogP contribution is -2.42. The maximum atomic E-state index is 11.9. The van der Waals surface area contributed by atoms with Crippen molar-refractivity contribution in [2.45, 2.75) is 39.2 Å². The molecule has 0 saturated heterocycles. The summed E-state index contributed by atoms with van der Waals surface area (Å²) in [5.74, 6) is -0.155. The molecule has 0 heterocycles. The highest BCUT2D eigenvalue weighted by Crippen LogP contribution is 2.11. The lowest BCUT2D eigenvalue weighted by Gasteiger charge is -2.23. The van der Waals surface area contributed by atoms with Gasteiger partial charge in [0.2, 0.25) is 15.9 Å². The second-order valence-corrected chi connectivity index (χ2v) is 9.01. The third-order valence-electron chi connectivity index (χ3n) is 3.13. The van der Waals surface area contributed by atoms with Crippen LogP contribution < -0.4 is 5.32 Å². The Bertz CT molecular complexity index is 622. The quantitative estimate of drug-likeness (QED) is 0.812. The van der Waals surface area contributed by atoms with E-state index >= 15 is 0 Å². The van der Waals surface area contributed by atoms with Crippen LogP contribution in [0.15, 0.2) is 24.3 Å². The van der Waals surface area contributed by atoms with E-state index in [1.54, 1.807) is 12.1 Å². The molecule has 1 aromatic carbocycles. The Morgan fingerprint density at radius 2 is 1.74 bits per heavy atom. The summed E-state index contributed by atoms with van der Waals surface area (Å²) >= 11 is 5.83. The Morgan fingerprint density at radius 1 is 1.17 bits per heavy atom. The molecular formula is C16H25ClN2O3S. The first-order chi connectivity index (χ1) is 10.5. The first-order valence-electron chi connectivity index (χ1n) is 7.48. The predicted molar refractivity (Wildman–Crippen MR) is 94.1 cm³/mol. The van der Waals surface area contributed by atoms with Crippen LogP contribution in [0, 0.1) is 0 Å². The fraction of sp³-hybridized carbons (Fsp3) is 0.562. The highest BCUT2D eigenvalue weighted by atomic mass is 35.5. The minimum atomic E-state index is -3.36. The monoisotopic (exact) mass is 360 g/mol. The van der Waals surface area contributed by atoms with Crippen LogP contribution >= 0.6 is 11.6 Å². The van der Waals surface area contributed by atoms with Crippen molar-refractivity contribution in [2.75, 3.05) is 19.3 Å². The second kappa shape index (κ2) is 8.13. The molecule has 5 nitrogen and oxygen atoms in total. The van der Waals surface area contributed by atoms with Crippen molar-refractivity contribution in [3.63, 3.8) is 0 Å². The van der Waals surface area contributed by atoms with E-state index < -0.39 is 10.0 Å². The molecule has 7 heteroatoms. The van der Waals surface area contributed by atoms with Crippen molar-refractivity contribution in [1.29, 1.82) is 0 Å². The zero-order chi connectivity index (χ0) is 17.7. The van der Waals surface area contributed by atoms with Gasteiger partial charge in [0.1, 0.15) is 0 Å². The molecule has 1 amide bonds. The van der Waals surface area contributed by atoms with Crippen molar-refractivity contribution >= 4 is 27.5 Å². The summed E-state index contributed by atoms with van der Waals surface area (Å²) in [6.07, 6.45) is 1.88. The van der Waals surface area contributed by atoms with E-state index in [-0.39, 0.29) is 24.4 Å². The number of benzene rings is 1. The van der Waals surface area contributed by atoms with Crippen molar-refractivity contribution < 1.29 is 13.2 Å². The number of hydrogen-bond acceptors (Lipinski definition) is 3. The maximum Gasteiger partial charge on any atom is 0.221 e. The number of nitrogens with zero attached hydrogens (tertiary/aromatic N) is 1. The third-order valence-corrected chi connectivity index (χ3v) is 4.69. The molecule has 0 aliphatic carbocycles. The molecule has 130 valence electrons. The summed E-state index contributed by atoms with van der Waals surface area (Å²) in [5, 5.41) is 3.48. The SMILES string of the molecule is CC(C)(C)NC(=O)CCN(CCc1ccc(Cl)cc1)S(C)(=O)=O. The van der Waals surface area contributed by atoms with Crippen molar-refractivity contribution in [3.8, 4) is 0 Å². The molecule has 1 rings (SSSR count). The van der Waals surface area contributed by atoms with E-state index in [0.29, 0.717) is 18.0 Å². The number of carbonyl (C=O) groups is 1. The van der Waals surface area contributed by atoms with Crippen LogP contribution in [0.4, 0.5) is 0 Å². The number of carbonyl (C=O) groups excluding carboxylic acids is 1. The number of nitrogens with one attached hydrogen (secondary N) is 1. The summed E-state index contributed by atoms with van der Waals surface area (Å²) in [5.41, 5.74) is 0.679. The summed E-state index contributed by atoms with van der Waals surface area (Å²) in [4.78, 5) is 11.9. The van der Waals surface area contributed by atoms with Gasteiger partial charge in [0, 0.05) is 30.1 Å². The highest BCUT2D eigenvalue weighted by Gasteiger charge is 2.19. The van der Waals surface area contributed by atoms with E-state index in [9.17, 15) is 13.2 Å². The van der Waals surface area contributed by atoms with Gasteiger partial charge in [0.05, 0.1) is 6.26 Å². The van der Waals surface area contributed by atoms with Crippen molar-refractivity contribution in [2.24, 2.45) is 0 Å². The highest BCUT2D eigenvalue weighted by molar-refractivity contribution is 7.88. The molecule has 0 radical (unpaired) electrons. The van der Waals surface area contributed by atoms with Gasteiger partial charge in [-0.1, -0.05) is 23.7 Å². The average Bonchev–Trinajstić information content (AvgIpc) is 2.37. The normalized spacial score (nSPS) is 12.4. The summed E-state index contributed by atoms with van der Waals surface area (Å²) in [6.45, 7) is 6.18. The molecule has 0 atom stereocenters. The Hall–Kier alpha value is -1.11. The molecule has 1 aromatic rings. The van der Waals surface area contributed by atoms with Crippen LogP contribution in [-0.4, -0.2) is 43.5 Å². The van der Waals surface area contributed by atoms with Crippen LogP contribution in [0.5, 0.6) is 0 Å². The first kappa shape index (κ1) is 19.9. The summed E-state index contributed by atoms with van der Waals surface area (Å²) < 4.78 is 25.1. The number of sulfonamides is 1. The standard InChI is InChI=1S/C16H25ClN2O3S/c1-16(2,3)18-15(20)10-12-19(23(4,21)22)11-9-13-5-7-14(17)8-6-13/h5-8H,9-12H2,1-4H3,(H,18,20). The molecule has 0 aliphatic rings. The smallest absolute Gasteiger partial charge is 0.221 e. The van der Waals surface area contributed by atoms with Gasteiger partial charge in [0.25, 0.3) is 0 Å². The number of rotatable bonds is 7. The van der Waals surface area contributed by atoms with Crippen LogP contribution in [-0.2, 0) is 21.2 Å². The molecule has 0 bridgehead atoms. The molecule has 0 aliphatic heterocycles. The Balaban J connectivity index is 2.60. The van der Waals surface area contributed by atoms with E-state index in [2.05, 4.69) is 5.32 Å². The topological polar surface area (TPSA) is 66.5 Å². The Labute approximate surface area is 144 Å². The maximum absolute atomic E-state index is 11.9. The summed E-state index contributed by atoms with van der Waals surface area (Å²) in [6, 6.07) is 7.29. The molecule has 1 N–H and O–H groups in total. The van der Waals surface area contributed by atoms with Crippen LogP contribution in [0.1, 0.15) is 32.8 Å². The van der Waals surface area contributed by atoms with Crippen molar-refractivity contribution in [3.05, 3.63) is 34.9 Å². The molecule has 23 heavy (non-hydrogen) atoms. The minimum Gasteiger partial charge on any atom is -0.351 e. The van der Waals surface area contributed by atoms with E-state index in [4.69, 9.17) is 11.6 Å². The molecule has 0 aromatic heterocycles. The third kappa shape index (κ3) is 8.34. The molecule has 0 unspecified atom stereocenters. The van der Waals surface area contributed by atoms with Gasteiger partial charge in [-0.3, -0.25) is 4.79 Å².